The molecule has 3 rings (SSSR count). The Balaban J connectivity index is 0.00000176. The van der Waals surface area contributed by atoms with E-state index in [2.05, 4.69) is 65.8 Å². The van der Waals surface area contributed by atoms with E-state index in [1.165, 1.54) is 63.1 Å². The van der Waals surface area contributed by atoms with E-state index < -0.39 is 18.4 Å². The zero-order valence-corrected chi connectivity index (χ0v) is 26.7. The van der Waals surface area contributed by atoms with Crippen molar-refractivity contribution in [1.29, 1.82) is 0 Å². The van der Waals surface area contributed by atoms with E-state index in [0.29, 0.717) is 0 Å². The molecule has 176 valence electrons. The first-order valence-electron chi connectivity index (χ1n) is 12.2. The normalized spacial score (nSPS) is 12.5. The minimum absolute atomic E-state index is 0.818. The van der Waals surface area contributed by atoms with Gasteiger partial charge in [-0.25, -0.2) is 0 Å². The maximum atomic E-state index is 4.13. The van der Waals surface area contributed by atoms with Crippen molar-refractivity contribution in [2.45, 2.75) is 79.5 Å². The molecule has 3 aromatic rings. The van der Waals surface area contributed by atoms with Crippen molar-refractivity contribution in [1.82, 2.24) is 0 Å². The summed E-state index contributed by atoms with van der Waals surface area (Å²) in [7, 11) is 0. The first-order valence-corrected chi connectivity index (χ1v) is 25.0. The molecule has 0 fully saturated rings. The minimum Gasteiger partial charge on any atom is -0.0683 e. The number of hydrogen-bond donors (Lipinski definition) is 0. The molecule has 2 aromatic heterocycles. The van der Waals surface area contributed by atoms with Crippen LogP contribution in [-0.2, 0) is 6.42 Å². The van der Waals surface area contributed by atoms with Crippen molar-refractivity contribution in [3.8, 4) is 10.4 Å². The van der Waals surface area contributed by atoms with Gasteiger partial charge in [0.05, 0.1) is 0 Å². The van der Waals surface area contributed by atoms with Crippen LogP contribution in [0.5, 0.6) is 0 Å². The van der Waals surface area contributed by atoms with Gasteiger partial charge in [0.1, 0.15) is 0 Å². The summed E-state index contributed by atoms with van der Waals surface area (Å²) in [6, 6.07) is 9.68. The zero-order valence-electron chi connectivity index (χ0n) is 21.4. The second kappa shape index (κ2) is 13.0. The van der Waals surface area contributed by atoms with Gasteiger partial charge in [-0.15, -0.1) is 0 Å². The Kier molecular flexibility index (Phi) is 11.4. The third-order valence-electron chi connectivity index (χ3n) is 5.91. The molecule has 0 aliphatic heterocycles. The Hall–Kier alpha value is -0.231. The third kappa shape index (κ3) is 6.67. The largest absolute Gasteiger partial charge is 0.0683 e. The smallest absolute Gasteiger partial charge is 0.0683 e. The predicted molar refractivity (Wildman–Crippen MR) is 158 cm³/mol. The van der Waals surface area contributed by atoms with E-state index in [9.17, 15) is 0 Å². The van der Waals surface area contributed by atoms with Crippen LogP contribution >= 0.6 is 34.4 Å². The van der Waals surface area contributed by atoms with Gasteiger partial charge in [-0.05, 0) is 0 Å². The average molecular weight is 594 g/mol. The van der Waals surface area contributed by atoms with Crippen LogP contribution in [0.2, 0.25) is 14.8 Å². The molecule has 0 radical (unpaired) electrons. The van der Waals surface area contributed by atoms with Gasteiger partial charge in [-0.1, -0.05) is 20.8 Å². The van der Waals surface area contributed by atoms with Gasteiger partial charge in [0, 0.05) is 0 Å². The quantitative estimate of drug-likeness (QED) is 0.167. The number of hydrogen-bond acceptors (Lipinski definition) is 3. The molecule has 0 spiro atoms. The van der Waals surface area contributed by atoms with Crippen LogP contribution in [0.25, 0.3) is 26.6 Å². The van der Waals surface area contributed by atoms with E-state index in [1.807, 2.05) is 54.4 Å². The van der Waals surface area contributed by atoms with Crippen LogP contribution in [0.4, 0.5) is 0 Å². The Morgan fingerprint density at radius 1 is 1.09 bits per heavy atom. The van der Waals surface area contributed by atoms with Crippen molar-refractivity contribution < 1.29 is 0 Å². The number of thioether (sulfide) groups is 1. The molecule has 0 amide bonds. The summed E-state index contributed by atoms with van der Waals surface area (Å²) in [5.74, 6) is 0.818. The molecule has 1 atom stereocenters. The van der Waals surface area contributed by atoms with Gasteiger partial charge >= 0.3 is 195 Å². The van der Waals surface area contributed by atoms with Crippen LogP contribution in [0.3, 0.4) is 0 Å². The van der Waals surface area contributed by atoms with E-state index in [4.69, 9.17) is 0 Å². The molecule has 0 saturated heterocycles. The molecule has 32 heavy (non-hydrogen) atoms. The molecule has 1 unspecified atom stereocenters. The fourth-order valence-electron chi connectivity index (χ4n) is 4.02. The van der Waals surface area contributed by atoms with Crippen molar-refractivity contribution in [2.75, 3.05) is 6.26 Å². The van der Waals surface area contributed by atoms with Gasteiger partial charge in [0.15, 0.2) is 0 Å². The summed E-state index contributed by atoms with van der Waals surface area (Å²) >= 11 is 3.81. The summed E-state index contributed by atoms with van der Waals surface area (Å²) < 4.78 is 3.10. The van der Waals surface area contributed by atoms with Crippen LogP contribution in [-0.4, -0.2) is 24.6 Å². The first kappa shape index (κ1) is 28.0. The number of unbranched alkanes of at least 4 members (excludes halogenated alkanes) is 1. The van der Waals surface area contributed by atoms with Gasteiger partial charge in [-0.2, -0.15) is 0 Å². The molecule has 0 aliphatic carbocycles. The van der Waals surface area contributed by atoms with Crippen LogP contribution in [0, 0.1) is 5.92 Å². The zero-order chi connectivity index (χ0) is 23.9. The summed E-state index contributed by atoms with van der Waals surface area (Å²) in [4.78, 5) is 11.9. The van der Waals surface area contributed by atoms with E-state index >= 15 is 0 Å². The molecule has 2 heterocycles. The van der Waals surface area contributed by atoms with Crippen molar-refractivity contribution in [2.24, 2.45) is 5.92 Å². The third-order valence-corrected chi connectivity index (χ3v) is 18.4. The molecule has 0 aliphatic rings. The summed E-state index contributed by atoms with van der Waals surface area (Å²) in [6.45, 7) is 12.8. The molecule has 0 nitrogen and oxygen atoms in total. The Bertz CT molecular complexity index is 1000. The maximum Gasteiger partial charge on any atom is -0.0683 e. The van der Waals surface area contributed by atoms with E-state index in [-0.39, 0.29) is 0 Å². The topological polar surface area (TPSA) is 0 Å². The Labute approximate surface area is 213 Å². The second-order valence-electron chi connectivity index (χ2n) is 9.24. The molecule has 1 aromatic carbocycles. The second-order valence-corrected chi connectivity index (χ2v) is 27.7. The fraction of sp³-hybridized carbons (Fsp3) is 0.500. The van der Waals surface area contributed by atoms with Crippen LogP contribution in [0.1, 0.15) is 63.8 Å². The molecular weight excluding hydrogens is 551 g/mol. The summed E-state index contributed by atoms with van der Waals surface area (Å²) in [6.07, 6.45) is 10.8. The van der Waals surface area contributed by atoms with Crippen LogP contribution < -0.4 is 2.89 Å². The molecule has 0 bridgehead atoms. The maximum absolute atomic E-state index is 4.13. The molecule has 0 saturated carbocycles. The molecule has 0 N–H and O–H groups in total. The average Bonchev–Trinajstić information content (AvgIpc) is 3.43. The molecular formula is C28H42S3Sn. The predicted octanol–water partition coefficient (Wildman–Crippen LogP) is 10.3. The van der Waals surface area contributed by atoms with Gasteiger partial charge in [0.2, 0.25) is 0 Å². The van der Waals surface area contributed by atoms with Gasteiger partial charge in [-0.3, -0.25) is 0 Å². The van der Waals surface area contributed by atoms with Crippen molar-refractivity contribution >= 4 is 71.9 Å². The van der Waals surface area contributed by atoms with Crippen molar-refractivity contribution in [3.05, 3.63) is 41.3 Å². The summed E-state index contributed by atoms with van der Waals surface area (Å²) in [5, 5.41) is 1.46. The Morgan fingerprint density at radius 2 is 1.81 bits per heavy atom. The molecule has 4 heteroatoms. The SMILES string of the molecule is C=Cc1cc2s[c]([Sn]([CH3])([CH3])[CH3])cc2c(-c2ccc(CC(CC)CCCC)s2)c1SC.CC. The number of fused-ring (bicyclic) bond motifs is 1. The van der Waals surface area contributed by atoms with Gasteiger partial charge < -0.3 is 0 Å². The monoisotopic (exact) mass is 594 g/mol. The number of rotatable bonds is 10. The van der Waals surface area contributed by atoms with Crippen molar-refractivity contribution in [3.63, 3.8) is 0 Å². The standard InChI is InChI=1S/C23H27S3.C2H6.3CH3.Sn/c1-5-8-9-16(6-2)14-18-10-11-20(26-18)22-19-12-13-25-21(19)15-17(7-3)23(22)24-4;1-2;;;;/h7,10-12,15-16H,3,5-6,8-9,14H2,1-2,4H3;1-2H3;3*1H3;. The fourth-order valence-corrected chi connectivity index (χ4v) is 12.5. The summed E-state index contributed by atoms with van der Waals surface area (Å²) in [5.41, 5.74) is 2.73. The van der Waals surface area contributed by atoms with E-state index in [0.717, 1.165) is 5.92 Å². The van der Waals surface area contributed by atoms with E-state index in [1.54, 1.807) is 7.77 Å². The first-order chi connectivity index (χ1) is 15.3. The minimum atomic E-state index is -2.11. The number of thiophene rings is 2. The Morgan fingerprint density at radius 3 is 2.38 bits per heavy atom. The van der Waals surface area contributed by atoms with Gasteiger partial charge in [0.25, 0.3) is 0 Å². The van der Waals surface area contributed by atoms with Crippen LogP contribution in [0.15, 0.2) is 35.7 Å². The number of benzene rings is 1.